The standard InChI is InChI=1S/C22H25N3O2.C2H2O4/c1-27-18-6-2-15(3-7-18)10-11-25(14-26)17-5-9-22-20(13-17)19-12-16(23)4-8-21(19)24-22;3-1(4)2(5)6/h2-3,5-7,9,13-14,16,24H,4,8,10-12,23H2,1H3;(H,3,4)(H,5,6). The van der Waals surface area contributed by atoms with Gasteiger partial charge in [-0.1, -0.05) is 12.1 Å². The van der Waals surface area contributed by atoms with E-state index < -0.39 is 11.9 Å². The lowest BCUT2D eigenvalue weighted by Gasteiger charge is -2.19. The van der Waals surface area contributed by atoms with Gasteiger partial charge in [0.25, 0.3) is 0 Å². The SMILES string of the molecule is COc1ccc(CCN(C=O)c2ccc3[nH]c4c(c3c2)CC(N)CC4)cc1.O=C(O)C(=O)O. The summed E-state index contributed by atoms with van der Waals surface area (Å²) in [4.78, 5) is 35.2. The molecule has 1 aromatic heterocycles. The van der Waals surface area contributed by atoms with Crippen molar-refractivity contribution in [2.24, 2.45) is 5.73 Å². The number of methoxy groups -OCH3 is 1. The Kier molecular flexibility index (Phi) is 7.68. The van der Waals surface area contributed by atoms with Crippen LogP contribution in [0.15, 0.2) is 42.5 Å². The molecule has 4 rings (SSSR count). The summed E-state index contributed by atoms with van der Waals surface area (Å²) >= 11 is 0. The van der Waals surface area contributed by atoms with E-state index in [0.29, 0.717) is 6.54 Å². The number of nitrogens with zero attached hydrogens (tertiary/aromatic N) is 1. The van der Waals surface area contributed by atoms with E-state index in [9.17, 15) is 4.79 Å². The molecule has 1 heterocycles. The van der Waals surface area contributed by atoms with Gasteiger partial charge in [-0.05, 0) is 67.1 Å². The van der Waals surface area contributed by atoms with E-state index in [1.807, 2.05) is 30.3 Å². The van der Waals surface area contributed by atoms with Crippen LogP contribution >= 0.6 is 0 Å². The van der Waals surface area contributed by atoms with Gasteiger partial charge in [-0.15, -0.1) is 0 Å². The van der Waals surface area contributed by atoms with Crippen molar-refractivity contribution in [3.05, 3.63) is 59.3 Å². The summed E-state index contributed by atoms with van der Waals surface area (Å²) < 4.78 is 5.19. The zero-order chi connectivity index (χ0) is 24.0. The number of carboxylic acid groups (broad SMARTS) is 2. The highest BCUT2D eigenvalue weighted by Gasteiger charge is 2.20. The molecule has 3 aromatic rings. The number of amides is 1. The van der Waals surface area contributed by atoms with E-state index in [1.165, 1.54) is 22.2 Å². The maximum Gasteiger partial charge on any atom is 0.414 e. The number of nitrogens with two attached hydrogens (primary N) is 1. The Hall–Kier alpha value is -3.85. The summed E-state index contributed by atoms with van der Waals surface area (Å²) in [5, 5.41) is 16.0. The Bertz CT molecular complexity index is 1130. The largest absolute Gasteiger partial charge is 0.497 e. The molecular formula is C24H27N3O6. The van der Waals surface area contributed by atoms with Crippen LogP contribution in [0.4, 0.5) is 5.69 Å². The molecule has 0 radical (unpaired) electrons. The van der Waals surface area contributed by atoms with Gasteiger partial charge in [0.15, 0.2) is 0 Å². The van der Waals surface area contributed by atoms with Crippen LogP contribution in [0.25, 0.3) is 10.9 Å². The fourth-order valence-corrected chi connectivity index (χ4v) is 3.90. The Morgan fingerprint density at radius 2 is 1.88 bits per heavy atom. The van der Waals surface area contributed by atoms with Crippen molar-refractivity contribution in [2.45, 2.75) is 31.7 Å². The van der Waals surface area contributed by atoms with Crippen molar-refractivity contribution in [1.82, 2.24) is 4.98 Å². The second-order valence-corrected chi connectivity index (χ2v) is 7.82. The van der Waals surface area contributed by atoms with Gasteiger partial charge in [0, 0.05) is 34.9 Å². The summed E-state index contributed by atoms with van der Waals surface area (Å²) in [5.41, 5.74) is 12.0. The minimum Gasteiger partial charge on any atom is -0.497 e. The molecule has 2 aromatic carbocycles. The lowest BCUT2D eigenvalue weighted by Crippen LogP contribution is -2.27. The van der Waals surface area contributed by atoms with Crippen LogP contribution < -0.4 is 15.4 Å². The summed E-state index contributed by atoms with van der Waals surface area (Å²) in [7, 11) is 1.66. The first-order valence-corrected chi connectivity index (χ1v) is 10.5. The molecule has 5 N–H and O–H groups in total. The highest BCUT2D eigenvalue weighted by Crippen LogP contribution is 2.31. The van der Waals surface area contributed by atoms with Crippen LogP contribution in [0.5, 0.6) is 5.75 Å². The van der Waals surface area contributed by atoms with Crippen molar-refractivity contribution < 1.29 is 29.3 Å². The van der Waals surface area contributed by atoms with Gasteiger partial charge >= 0.3 is 11.9 Å². The molecule has 1 amide bonds. The molecule has 1 aliphatic rings. The minimum atomic E-state index is -1.82. The topological polar surface area (TPSA) is 146 Å². The van der Waals surface area contributed by atoms with E-state index >= 15 is 0 Å². The summed E-state index contributed by atoms with van der Waals surface area (Å²) in [6.07, 6.45) is 4.61. The molecule has 0 bridgehead atoms. The van der Waals surface area contributed by atoms with E-state index in [4.69, 9.17) is 30.3 Å². The number of aryl methyl sites for hydroxylation is 1. The fourth-order valence-electron chi connectivity index (χ4n) is 3.90. The number of carbonyl (C=O) groups excluding carboxylic acids is 1. The van der Waals surface area contributed by atoms with Crippen molar-refractivity contribution >= 4 is 34.9 Å². The maximum absolute atomic E-state index is 11.7. The number of benzene rings is 2. The molecule has 0 aliphatic heterocycles. The van der Waals surface area contributed by atoms with Gasteiger partial charge in [-0.2, -0.15) is 0 Å². The Labute approximate surface area is 190 Å². The summed E-state index contributed by atoms with van der Waals surface area (Å²) in [6.45, 7) is 0.632. The van der Waals surface area contributed by atoms with Gasteiger partial charge in [0.05, 0.1) is 7.11 Å². The van der Waals surface area contributed by atoms with Gasteiger partial charge in [0.1, 0.15) is 5.75 Å². The number of ether oxygens (including phenoxy) is 1. The third-order valence-corrected chi connectivity index (χ3v) is 5.65. The molecule has 0 saturated heterocycles. The molecule has 1 aliphatic carbocycles. The Morgan fingerprint density at radius 3 is 2.48 bits per heavy atom. The first kappa shape index (κ1) is 23.8. The number of carbonyl (C=O) groups is 3. The number of hydrogen-bond acceptors (Lipinski definition) is 5. The van der Waals surface area contributed by atoms with Crippen LogP contribution in [-0.2, 0) is 33.6 Å². The third kappa shape index (κ3) is 5.89. The number of hydrogen-bond donors (Lipinski definition) is 4. The molecule has 1 unspecified atom stereocenters. The predicted octanol–water partition coefficient (Wildman–Crippen LogP) is 2.35. The molecular weight excluding hydrogens is 426 g/mol. The maximum atomic E-state index is 11.7. The Balaban J connectivity index is 0.000000454. The second kappa shape index (κ2) is 10.6. The fraction of sp³-hybridized carbons (Fsp3) is 0.292. The molecule has 0 saturated carbocycles. The van der Waals surface area contributed by atoms with Crippen molar-refractivity contribution in [2.75, 3.05) is 18.6 Å². The van der Waals surface area contributed by atoms with Gasteiger partial charge in [0.2, 0.25) is 6.41 Å². The zero-order valence-corrected chi connectivity index (χ0v) is 18.3. The normalized spacial score (nSPS) is 14.5. The molecule has 33 heavy (non-hydrogen) atoms. The summed E-state index contributed by atoms with van der Waals surface area (Å²) in [6, 6.07) is 14.4. The highest BCUT2D eigenvalue weighted by molar-refractivity contribution is 6.27. The molecule has 1 atom stereocenters. The quantitative estimate of drug-likeness (QED) is 0.331. The monoisotopic (exact) mass is 453 g/mol. The Morgan fingerprint density at radius 1 is 1.18 bits per heavy atom. The number of rotatable bonds is 6. The number of carboxylic acids is 2. The number of aromatic amines is 1. The van der Waals surface area contributed by atoms with Crippen molar-refractivity contribution in [3.8, 4) is 5.75 Å². The van der Waals surface area contributed by atoms with Gasteiger partial charge in [-0.25, -0.2) is 9.59 Å². The molecule has 0 fully saturated rings. The van der Waals surface area contributed by atoms with Crippen LogP contribution in [-0.4, -0.2) is 53.2 Å². The van der Waals surface area contributed by atoms with Gasteiger partial charge in [-0.3, -0.25) is 4.79 Å². The van der Waals surface area contributed by atoms with E-state index in [0.717, 1.165) is 49.0 Å². The molecule has 0 spiro atoms. The minimum absolute atomic E-state index is 0.220. The number of nitrogens with one attached hydrogen (secondary N) is 1. The smallest absolute Gasteiger partial charge is 0.414 e. The average Bonchev–Trinajstić information content (AvgIpc) is 3.17. The number of fused-ring (bicyclic) bond motifs is 3. The van der Waals surface area contributed by atoms with Gasteiger partial charge < -0.3 is 30.6 Å². The van der Waals surface area contributed by atoms with E-state index in [-0.39, 0.29) is 6.04 Å². The number of H-pyrrole nitrogens is 1. The lowest BCUT2D eigenvalue weighted by atomic mass is 9.92. The van der Waals surface area contributed by atoms with Crippen LogP contribution in [0, 0.1) is 0 Å². The van der Waals surface area contributed by atoms with Crippen LogP contribution in [0.3, 0.4) is 0 Å². The first-order valence-electron chi connectivity index (χ1n) is 10.5. The second-order valence-electron chi connectivity index (χ2n) is 7.82. The van der Waals surface area contributed by atoms with Crippen LogP contribution in [0.1, 0.15) is 23.2 Å². The lowest BCUT2D eigenvalue weighted by molar-refractivity contribution is -0.159. The number of anilines is 1. The van der Waals surface area contributed by atoms with Crippen molar-refractivity contribution in [1.29, 1.82) is 0 Å². The average molecular weight is 453 g/mol. The molecule has 174 valence electrons. The zero-order valence-electron chi connectivity index (χ0n) is 18.3. The predicted molar refractivity (Wildman–Crippen MR) is 124 cm³/mol. The molecule has 9 nitrogen and oxygen atoms in total. The number of aliphatic carboxylic acids is 2. The van der Waals surface area contributed by atoms with E-state index in [1.54, 1.807) is 12.0 Å². The summed E-state index contributed by atoms with van der Waals surface area (Å²) in [5.74, 6) is -2.81. The van der Waals surface area contributed by atoms with E-state index in [2.05, 4.69) is 17.1 Å². The van der Waals surface area contributed by atoms with Crippen LogP contribution in [0.2, 0.25) is 0 Å². The first-order chi connectivity index (χ1) is 15.8. The third-order valence-electron chi connectivity index (χ3n) is 5.65. The number of aromatic nitrogens is 1. The highest BCUT2D eigenvalue weighted by atomic mass is 16.5. The molecule has 9 heteroatoms. The van der Waals surface area contributed by atoms with Crippen molar-refractivity contribution in [3.63, 3.8) is 0 Å².